The van der Waals surface area contributed by atoms with E-state index in [1.165, 1.54) is 6.33 Å². The smallest absolute Gasteiger partial charge is 0.258 e. The Morgan fingerprint density at radius 3 is 2.06 bits per heavy atom. The summed E-state index contributed by atoms with van der Waals surface area (Å²) in [7, 11) is 0. The van der Waals surface area contributed by atoms with Crippen molar-refractivity contribution in [3.05, 3.63) is 28.8 Å². The van der Waals surface area contributed by atoms with Crippen LogP contribution in [0.2, 0.25) is 0 Å². The summed E-state index contributed by atoms with van der Waals surface area (Å²) in [6, 6.07) is 0. The van der Waals surface area contributed by atoms with Crippen molar-refractivity contribution in [2.24, 2.45) is 0 Å². The first-order valence-electron chi connectivity index (χ1n) is 3.94. The fourth-order valence-corrected chi connectivity index (χ4v) is 0.766. The Morgan fingerprint density at radius 2 is 1.88 bits per heavy atom. The van der Waals surface area contributed by atoms with E-state index in [0.29, 0.717) is 0 Å². The van der Waals surface area contributed by atoms with E-state index in [1.807, 2.05) is 0 Å². The number of rotatable bonds is 2. The predicted molar refractivity (Wildman–Crippen MR) is 53.2 cm³/mol. The highest BCUT2D eigenvalue weighted by atomic mass is 32.1. The standard InChI is InChI=1S/C4H3N3O2.C3H5F3S/c8-7(9)4-1-5-3-6-2-4;4-3(5,6)1-2-7/h1-3H;7H,1-2H2. The highest BCUT2D eigenvalue weighted by Gasteiger charge is 2.24. The molecule has 0 aliphatic heterocycles. The van der Waals surface area contributed by atoms with E-state index in [-0.39, 0.29) is 11.4 Å². The quantitative estimate of drug-likeness (QED) is 0.500. The summed E-state index contributed by atoms with van der Waals surface area (Å²) >= 11 is 3.39. The van der Waals surface area contributed by atoms with E-state index in [9.17, 15) is 23.3 Å². The summed E-state index contributed by atoms with van der Waals surface area (Å²) in [5.41, 5.74) is -0.0856. The highest BCUT2D eigenvalue weighted by molar-refractivity contribution is 7.80. The molecule has 16 heavy (non-hydrogen) atoms. The maximum Gasteiger partial charge on any atom is 0.389 e. The van der Waals surface area contributed by atoms with Crippen LogP contribution in [0.3, 0.4) is 0 Å². The number of aromatic nitrogens is 2. The van der Waals surface area contributed by atoms with E-state index in [2.05, 4.69) is 22.6 Å². The number of halogens is 3. The molecule has 0 spiro atoms. The normalized spacial score (nSPS) is 10.2. The zero-order valence-corrected chi connectivity index (χ0v) is 8.78. The lowest BCUT2D eigenvalue weighted by Gasteiger charge is -1.99. The van der Waals surface area contributed by atoms with Crippen LogP contribution in [0.1, 0.15) is 6.42 Å². The Labute approximate surface area is 94.3 Å². The fourth-order valence-electron chi connectivity index (χ4n) is 0.512. The molecule has 1 aromatic rings. The molecule has 0 fully saturated rings. The fraction of sp³-hybridized carbons (Fsp3) is 0.429. The second-order valence-electron chi connectivity index (χ2n) is 2.44. The average Bonchev–Trinajstić information content (AvgIpc) is 2.18. The van der Waals surface area contributed by atoms with Crippen LogP contribution >= 0.6 is 12.6 Å². The average molecular weight is 255 g/mol. The Kier molecular flexibility index (Phi) is 6.38. The van der Waals surface area contributed by atoms with Crippen LogP contribution in [-0.2, 0) is 0 Å². The first kappa shape index (κ1) is 14.6. The zero-order chi connectivity index (χ0) is 12.6. The third-order valence-corrected chi connectivity index (χ3v) is 1.38. The molecule has 0 amide bonds. The monoisotopic (exact) mass is 255 g/mol. The Bertz CT molecular complexity index is 320. The lowest BCUT2D eigenvalue weighted by Crippen LogP contribution is -2.06. The van der Waals surface area contributed by atoms with Crippen molar-refractivity contribution in [3.63, 3.8) is 0 Å². The summed E-state index contributed by atoms with van der Waals surface area (Å²) in [5, 5.41) is 9.93. The third-order valence-electron chi connectivity index (χ3n) is 1.15. The number of alkyl halides is 3. The minimum absolute atomic E-state index is 0.0856. The van der Waals surface area contributed by atoms with Gasteiger partial charge in [-0.1, -0.05) is 0 Å². The van der Waals surface area contributed by atoms with Crippen molar-refractivity contribution in [1.82, 2.24) is 9.97 Å². The van der Waals surface area contributed by atoms with Crippen molar-refractivity contribution in [2.75, 3.05) is 5.75 Å². The van der Waals surface area contributed by atoms with Gasteiger partial charge in [0.15, 0.2) is 0 Å². The van der Waals surface area contributed by atoms with Gasteiger partial charge in [0, 0.05) is 0 Å². The van der Waals surface area contributed by atoms with E-state index in [4.69, 9.17) is 0 Å². The molecule has 0 aromatic carbocycles. The number of thiol groups is 1. The molecule has 0 radical (unpaired) electrons. The van der Waals surface area contributed by atoms with Crippen LogP contribution in [0.4, 0.5) is 18.9 Å². The van der Waals surface area contributed by atoms with Crippen LogP contribution in [0, 0.1) is 10.1 Å². The summed E-state index contributed by atoms with van der Waals surface area (Å²) in [6.07, 6.45) is -1.29. The van der Waals surface area contributed by atoms with Crippen LogP contribution < -0.4 is 0 Å². The van der Waals surface area contributed by atoms with Gasteiger partial charge in [-0.3, -0.25) is 10.1 Å². The minimum Gasteiger partial charge on any atom is -0.258 e. The van der Waals surface area contributed by atoms with Gasteiger partial charge >= 0.3 is 11.9 Å². The van der Waals surface area contributed by atoms with Crippen LogP contribution in [0.15, 0.2) is 18.7 Å². The Morgan fingerprint density at radius 1 is 1.38 bits per heavy atom. The van der Waals surface area contributed by atoms with Crippen LogP contribution in [0.25, 0.3) is 0 Å². The minimum atomic E-state index is -4.03. The maximum atomic E-state index is 11.0. The van der Waals surface area contributed by atoms with E-state index in [0.717, 1.165) is 12.4 Å². The van der Waals surface area contributed by atoms with Gasteiger partial charge in [0.25, 0.3) is 0 Å². The van der Waals surface area contributed by atoms with Crippen molar-refractivity contribution in [2.45, 2.75) is 12.6 Å². The third kappa shape index (κ3) is 7.97. The molecular weight excluding hydrogens is 247 g/mol. The van der Waals surface area contributed by atoms with E-state index in [1.54, 1.807) is 0 Å². The molecule has 0 aliphatic rings. The highest BCUT2D eigenvalue weighted by Crippen LogP contribution is 2.19. The summed E-state index contributed by atoms with van der Waals surface area (Å²) in [4.78, 5) is 16.3. The molecule has 0 bridgehead atoms. The number of nitro groups is 1. The van der Waals surface area contributed by atoms with Crippen LogP contribution in [-0.4, -0.2) is 26.8 Å². The molecule has 0 N–H and O–H groups in total. The molecule has 1 heterocycles. The lowest BCUT2D eigenvalue weighted by atomic mass is 10.5. The molecule has 5 nitrogen and oxygen atoms in total. The zero-order valence-electron chi connectivity index (χ0n) is 7.89. The number of hydrogen-bond donors (Lipinski definition) is 1. The number of hydrogen-bond acceptors (Lipinski definition) is 5. The van der Waals surface area contributed by atoms with E-state index >= 15 is 0 Å². The van der Waals surface area contributed by atoms with Gasteiger partial charge in [0.2, 0.25) is 0 Å². The SMILES string of the molecule is FC(F)(F)CCS.O=[N+]([O-])c1cncnc1. The number of nitrogens with zero attached hydrogens (tertiary/aromatic N) is 3. The van der Waals surface area contributed by atoms with Crippen molar-refractivity contribution < 1.29 is 18.1 Å². The largest absolute Gasteiger partial charge is 0.389 e. The van der Waals surface area contributed by atoms with Gasteiger partial charge in [-0.05, 0) is 5.75 Å². The first-order valence-corrected chi connectivity index (χ1v) is 4.57. The molecule has 90 valence electrons. The molecular formula is C7H8F3N3O2S. The second-order valence-corrected chi connectivity index (χ2v) is 2.89. The van der Waals surface area contributed by atoms with Crippen molar-refractivity contribution >= 4 is 18.3 Å². The van der Waals surface area contributed by atoms with Gasteiger partial charge < -0.3 is 0 Å². The van der Waals surface area contributed by atoms with Gasteiger partial charge in [-0.2, -0.15) is 25.8 Å². The van der Waals surface area contributed by atoms with Crippen molar-refractivity contribution in [1.29, 1.82) is 0 Å². The van der Waals surface area contributed by atoms with Gasteiger partial charge in [0.05, 0.1) is 11.3 Å². The molecule has 0 saturated carbocycles. The molecule has 1 rings (SSSR count). The molecule has 9 heteroatoms. The Hall–Kier alpha value is -1.38. The molecule has 0 unspecified atom stereocenters. The van der Waals surface area contributed by atoms with E-state index < -0.39 is 17.5 Å². The molecule has 1 aromatic heterocycles. The first-order chi connectivity index (χ1) is 7.37. The van der Waals surface area contributed by atoms with Gasteiger partial charge in [0.1, 0.15) is 18.7 Å². The summed E-state index contributed by atoms with van der Waals surface area (Å²) in [6.45, 7) is 0. The topological polar surface area (TPSA) is 68.9 Å². The molecule has 0 atom stereocenters. The van der Waals surface area contributed by atoms with Crippen LogP contribution in [0.5, 0.6) is 0 Å². The molecule has 0 saturated heterocycles. The Balaban J connectivity index is 0.000000293. The maximum absolute atomic E-state index is 11.0. The summed E-state index contributed by atoms with van der Waals surface area (Å²) < 4.78 is 33.0. The lowest BCUT2D eigenvalue weighted by molar-refractivity contribution is -0.385. The van der Waals surface area contributed by atoms with Gasteiger partial charge in [-0.15, -0.1) is 0 Å². The summed E-state index contributed by atoms with van der Waals surface area (Å²) in [5.74, 6) is -0.122. The second kappa shape index (κ2) is 6.99. The predicted octanol–water partition coefficient (Wildman–Crippen LogP) is 2.25. The van der Waals surface area contributed by atoms with Gasteiger partial charge in [-0.25, -0.2) is 9.97 Å². The van der Waals surface area contributed by atoms with Crippen molar-refractivity contribution in [3.8, 4) is 0 Å². The molecule has 0 aliphatic carbocycles.